The second-order valence-corrected chi connectivity index (χ2v) is 10.9. The minimum atomic E-state index is -1.75. The molecule has 108 valence electrons. The van der Waals surface area contributed by atoms with Crippen molar-refractivity contribution in [1.29, 1.82) is 0 Å². The van der Waals surface area contributed by atoms with E-state index in [2.05, 4.69) is 33.9 Å². The zero-order valence-electron chi connectivity index (χ0n) is 12.4. The summed E-state index contributed by atoms with van der Waals surface area (Å²) in [4.78, 5) is 0. The van der Waals surface area contributed by atoms with Crippen LogP contribution >= 0.6 is 0 Å². The molecule has 0 heterocycles. The summed E-state index contributed by atoms with van der Waals surface area (Å²) in [5, 5.41) is 0.172. The molecule has 1 aromatic carbocycles. The van der Waals surface area contributed by atoms with Gasteiger partial charge in [0.2, 0.25) is 0 Å². The second-order valence-electron chi connectivity index (χ2n) is 6.14. The molecule has 3 nitrogen and oxygen atoms in total. The van der Waals surface area contributed by atoms with Crippen LogP contribution in [0.4, 0.5) is 10.1 Å². The summed E-state index contributed by atoms with van der Waals surface area (Å²) >= 11 is 0. The van der Waals surface area contributed by atoms with E-state index < -0.39 is 8.32 Å². The first-order valence-electron chi connectivity index (χ1n) is 6.45. The minimum Gasteiger partial charge on any atom is -0.489 e. The van der Waals surface area contributed by atoms with Crippen LogP contribution in [0.2, 0.25) is 18.1 Å². The van der Waals surface area contributed by atoms with E-state index in [1.165, 1.54) is 18.2 Å². The van der Waals surface area contributed by atoms with Crippen molar-refractivity contribution in [3.05, 3.63) is 24.0 Å². The highest BCUT2D eigenvalue weighted by atomic mass is 28.4. The van der Waals surface area contributed by atoms with Gasteiger partial charge in [0.15, 0.2) is 8.32 Å². The fraction of sp³-hybridized carbons (Fsp3) is 0.571. The Morgan fingerprint density at radius 1 is 1.21 bits per heavy atom. The van der Waals surface area contributed by atoms with Crippen LogP contribution < -0.4 is 10.5 Å². The van der Waals surface area contributed by atoms with Gasteiger partial charge in [-0.3, -0.25) is 0 Å². The molecule has 1 rings (SSSR count). The second kappa shape index (κ2) is 5.92. The van der Waals surface area contributed by atoms with Crippen molar-refractivity contribution in [3.63, 3.8) is 0 Å². The van der Waals surface area contributed by atoms with Crippen LogP contribution in [0.25, 0.3) is 0 Å². The molecule has 5 heteroatoms. The zero-order chi connectivity index (χ0) is 14.7. The van der Waals surface area contributed by atoms with E-state index in [1.54, 1.807) is 0 Å². The summed E-state index contributed by atoms with van der Waals surface area (Å²) < 4.78 is 24.5. The maximum absolute atomic E-state index is 13.0. The molecule has 0 aromatic heterocycles. The Balaban J connectivity index is 2.45. The summed E-state index contributed by atoms with van der Waals surface area (Å²) in [7, 11) is -1.75. The molecule has 0 bridgehead atoms. The van der Waals surface area contributed by atoms with Gasteiger partial charge in [0, 0.05) is 6.07 Å². The van der Waals surface area contributed by atoms with E-state index in [0.29, 0.717) is 24.7 Å². The largest absolute Gasteiger partial charge is 0.489 e. The van der Waals surface area contributed by atoms with Crippen molar-refractivity contribution in [2.24, 2.45) is 0 Å². The smallest absolute Gasteiger partial charge is 0.192 e. The maximum atomic E-state index is 13.0. The third-order valence-electron chi connectivity index (χ3n) is 3.59. The third kappa shape index (κ3) is 4.51. The molecule has 0 unspecified atom stereocenters. The number of hydrogen-bond donors (Lipinski definition) is 1. The predicted octanol–water partition coefficient (Wildman–Crippen LogP) is 3.81. The molecule has 0 radical (unpaired) electrons. The van der Waals surface area contributed by atoms with Crippen molar-refractivity contribution in [3.8, 4) is 5.75 Å². The number of hydrogen-bond acceptors (Lipinski definition) is 3. The first kappa shape index (κ1) is 16.0. The molecule has 0 amide bonds. The Kier molecular flexibility index (Phi) is 4.98. The average molecular weight is 285 g/mol. The molecule has 0 fully saturated rings. The molecule has 0 aliphatic rings. The number of halogens is 1. The molecule has 0 aliphatic heterocycles. The summed E-state index contributed by atoms with van der Waals surface area (Å²) in [6, 6.07) is 4.11. The van der Waals surface area contributed by atoms with E-state index in [-0.39, 0.29) is 10.9 Å². The highest BCUT2D eigenvalue weighted by Gasteiger charge is 2.36. The van der Waals surface area contributed by atoms with Crippen molar-refractivity contribution >= 4 is 14.0 Å². The number of nitrogen functional groups attached to an aromatic ring is 1. The van der Waals surface area contributed by atoms with Crippen LogP contribution in [0.5, 0.6) is 5.75 Å². The highest BCUT2D eigenvalue weighted by molar-refractivity contribution is 6.74. The summed E-state index contributed by atoms with van der Waals surface area (Å²) in [6.07, 6.45) is 0. The van der Waals surface area contributed by atoms with Gasteiger partial charge in [0.1, 0.15) is 18.2 Å². The number of ether oxygens (including phenoxy) is 1. The highest BCUT2D eigenvalue weighted by Crippen LogP contribution is 2.36. The Morgan fingerprint density at radius 2 is 1.84 bits per heavy atom. The van der Waals surface area contributed by atoms with Gasteiger partial charge in [0.05, 0.1) is 12.3 Å². The van der Waals surface area contributed by atoms with Crippen LogP contribution in [0.3, 0.4) is 0 Å². The Labute approximate surface area is 116 Å². The van der Waals surface area contributed by atoms with Gasteiger partial charge in [-0.2, -0.15) is 0 Å². The van der Waals surface area contributed by atoms with Crippen molar-refractivity contribution in [2.75, 3.05) is 18.9 Å². The maximum Gasteiger partial charge on any atom is 0.192 e. The van der Waals surface area contributed by atoms with Gasteiger partial charge in [0.25, 0.3) is 0 Å². The molecule has 2 N–H and O–H groups in total. The van der Waals surface area contributed by atoms with Crippen LogP contribution in [0, 0.1) is 5.82 Å². The molecule has 0 saturated carbocycles. The molecule has 0 saturated heterocycles. The Hall–Kier alpha value is -1.07. The van der Waals surface area contributed by atoms with E-state index in [1.807, 2.05) is 0 Å². The van der Waals surface area contributed by atoms with Gasteiger partial charge in [-0.15, -0.1) is 0 Å². The normalized spacial score (nSPS) is 12.5. The standard InChI is InChI=1S/C14H24FNO2Si/c1-14(2,3)19(4,5)18-9-8-17-13-10-11(15)6-7-12(13)16/h6-7,10H,8-9,16H2,1-5H3. The number of benzene rings is 1. The lowest BCUT2D eigenvalue weighted by Crippen LogP contribution is -2.41. The monoisotopic (exact) mass is 285 g/mol. The molecule has 0 spiro atoms. The average Bonchev–Trinajstić information content (AvgIpc) is 2.27. The van der Waals surface area contributed by atoms with E-state index in [0.717, 1.165) is 0 Å². The lowest BCUT2D eigenvalue weighted by atomic mass is 10.2. The molecule has 0 atom stereocenters. The van der Waals surface area contributed by atoms with Crippen molar-refractivity contribution < 1.29 is 13.6 Å². The van der Waals surface area contributed by atoms with Crippen molar-refractivity contribution in [1.82, 2.24) is 0 Å². The molecular weight excluding hydrogens is 261 g/mol. The lowest BCUT2D eigenvalue weighted by Gasteiger charge is -2.36. The van der Waals surface area contributed by atoms with E-state index in [4.69, 9.17) is 14.9 Å². The van der Waals surface area contributed by atoms with E-state index >= 15 is 0 Å². The lowest BCUT2D eigenvalue weighted by molar-refractivity contribution is 0.204. The van der Waals surface area contributed by atoms with Crippen LogP contribution in [0.15, 0.2) is 18.2 Å². The van der Waals surface area contributed by atoms with Crippen LogP contribution in [-0.4, -0.2) is 21.5 Å². The fourth-order valence-corrected chi connectivity index (χ4v) is 2.32. The van der Waals surface area contributed by atoms with Gasteiger partial charge >= 0.3 is 0 Å². The Bertz CT molecular complexity index is 430. The Morgan fingerprint density at radius 3 is 2.42 bits per heavy atom. The topological polar surface area (TPSA) is 44.5 Å². The summed E-state index contributed by atoms with van der Waals surface area (Å²) in [6.45, 7) is 11.8. The molecule has 0 aliphatic carbocycles. The minimum absolute atomic E-state index is 0.172. The predicted molar refractivity (Wildman–Crippen MR) is 79.5 cm³/mol. The van der Waals surface area contributed by atoms with E-state index in [9.17, 15) is 4.39 Å². The van der Waals surface area contributed by atoms with Crippen LogP contribution in [-0.2, 0) is 4.43 Å². The molecule has 19 heavy (non-hydrogen) atoms. The molecular formula is C14H24FNO2Si. The van der Waals surface area contributed by atoms with Gasteiger partial charge in [-0.1, -0.05) is 20.8 Å². The van der Waals surface area contributed by atoms with Crippen molar-refractivity contribution in [2.45, 2.75) is 38.9 Å². The van der Waals surface area contributed by atoms with Gasteiger partial charge < -0.3 is 14.9 Å². The SMILES string of the molecule is CC(C)(C)[Si](C)(C)OCCOc1cc(F)ccc1N. The van der Waals surface area contributed by atoms with Gasteiger partial charge in [-0.25, -0.2) is 4.39 Å². The number of anilines is 1. The zero-order valence-corrected chi connectivity index (χ0v) is 13.4. The van der Waals surface area contributed by atoms with Gasteiger partial charge in [-0.05, 0) is 30.3 Å². The first-order valence-corrected chi connectivity index (χ1v) is 9.36. The fourth-order valence-electron chi connectivity index (χ4n) is 1.30. The number of rotatable bonds is 5. The quantitative estimate of drug-likeness (QED) is 0.508. The summed E-state index contributed by atoms with van der Waals surface area (Å²) in [5.74, 6) is 0.0216. The molecule has 1 aromatic rings. The first-order chi connectivity index (χ1) is 8.63. The third-order valence-corrected chi connectivity index (χ3v) is 8.12. The van der Waals surface area contributed by atoms with Crippen LogP contribution in [0.1, 0.15) is 20.8 Å². The summed E-state index contributed by atoms with van der Waals surface area (Å²) in [5.41, 5.74) is 6.14. The number of nitrogens with two attached hydrogens (primary N) is 1.